The van der Waals surface area contributed by atoms with Crippen molar-refractivity contribution >= 4 is 17.3 Å². The van der Waals surface area contributed by atoms with Gasteiger partial charge in [-0.3, -0.25) is 10.1 Å². The number of nitro benzene ring substituents is 1. The maximum Gasteiger partial charge on any atom is 0.288 e. The molecular weight excluding hydrogens is 230 g/mol. The molecule has 0 aliphatic carbocycles. The largest absolute Gasteiger partial charge is 0.377 e. The highest BCUT2D eigenvalue weighted by Gasteiger charge is 2.12. The second kappa shape index (κ2) is 6.45. The summed E-state index contributed by atoms with van der Waals surface area (Å²) in [5, 5.41) is 10.8. The lowest BCUT2D eigenvalue weighted by Crippen LogP contribution is -1.97. The van der Waals surface area contributed by atoms with Gasteiger partial charge in [0, 0.05) is 12.7 Å². The third kappa shape index (κ3) is 3.79. The van der Waals surface area contributed by atoms with E-state index in [0.717, 1.165) is 18.4 Å². The summed E-state index contributed by atoms with van der Waals surface area (Å²) in [5.41, 5.74) is 0.700. The van der Waals surface area contributed by atoms with Gasteiger partial charge in [0.15, 0.2) is 0 Å². The first-order chi connectivity index (χ1) is 7.65. The minimum atomic E-state index is -0.488. The summed E-state index contributed by atoms with van der Waals surface area (Å²) < 4.78 is 5.37. The third-order valence-corrected chi connectivity index (χ3v) is 2.44. The van der Waals surface area contributed by atoms with Crippen LogP contribution in [0.25, 0.3) is 0 Å². The number of nitrogens with zero attached hydrogens (tertiary/aromatic N) is 1. The van der Waals surface area contributed by atoms with E-state index in [1.54, 1.807) is 6.07 Å². The second-order valence-corrected chi connectivity index (χ2v) is 3.86. The monoisotopic (exact) mass is 243 g/mol. The van der Waals surface area contributed by atoms with Crippen molar-refractivity contribution in [3.63, 3.8) is 0 Å². The predicted octanol–water partition coefficient (Wildman–Crippen LogP) is 3.56. The fourth-order valence-corrected chi connectivity index (χ4v) is 1.41. The smallest absolute Gasteiger partial charge is 0.288 e. The van der Waals surface area contributed by atoms with E-state index in [2.05, 4.69) is 6.92 Å². The van der Waals surface area contributed by atoms with Crippen LogP contribution >= 0.6 is 11.6 Å². The van der Waals surface area contributed by atoms with Crippen LogP contribution in [0.4, 0.5) is 5.69 Å². The van der Waals surface area contributed by atoms with Gasteiger partial charge < -0.3 is 4.74 Å². The van der Waals surface area contributed by atoms with Gasteiger partial charge in [0.05, 0.1) is 11.5 Å². The first kappa shape index (κ1) is 12.9. The molecule has 0 heterocycles. The predicted molar refractivity (Wildman–Crippen MR) is 62.7 cm³/mol. The summed E-state index contributed by atoms with van der Waals surface area (Å²) in [6.07, 6.45) is 2.07. The number of hydrogen-bond donors (Lipinski definition) is 0. The number of unbranched alkanes of at least 4 members (excludes halogenated alkanes) is 1. The zero-order valence-corrected chi connectivity index (χ0v) is 9.87. The standard InChI is InChI=1S/C11H14ClNO3/c1-2-3-6-16-8-9-4-5-10(12)11(7-9)13(14)15/h4-5,7H,2-3,6,8H2,1H3. The van der Waals surface area contributed by atoms with E-state index in [1.165, 1.54) is 12.1 Å². The van der Waals surface area contributed by atoms with E-state index in [0.29, 0.717) is 13.2 Å². The van der Waals surface area contributed by atoms with E-state index in [4.69, 9.17) is 16.3 Å². The van der Waals surface area contributed by atoms with E-state index in [-0.39, 0.29) is 10.7 Å². The van der Waals surface area contributed by atoms with Crippen molar-refractivity contribution in [1.29, 1.82) is 0 Å². The van der Waals surface area contributed by atoms with Crippen LogP contribution in [0.5, 0.6) is 0 Å². The average molecular weight is 244 g/mol. The lowest BCUT2D eigenvalue weighted by Gasteiger charge is -2.04. The minimum Gasteiger partial charge on any atom is -0.377 e. The van der Waals surface area contributed by atoms with Gasteiger partial charge in [-0.2, -0.15) is 0 Å². The van der Waals surface area contributed by atoms with Crippen molar-refractivity contribution in [1.82, 2.24) is 0 Å². The lowest BCUT2D eigenvalue weighted by molar-refractivity contribution is -0.384. The zero-order valence-electron chi connectivity index (χ0n) is 9.11. The van der Waals surface area contributed by atoms with E-state index < -0.39 is 4.92 Å². The molecule has 0 atom stereocenters. The fraction of sp³-hybridized carbons (Fsp3) is 0.455. The fourth-order valence-electron chi connectivity index (χ4n) is 1.22. The van der Waals surface area contributed by atoms with Crippen LogP contribution in [0.1, 0.15) is 25.3 Å². The highest BCUT2D eigenvalue weighted by Crippen LogP contribution is 2.25. The van der Waals surface area contributed by atoms with Crippen LogP contribution in [-0.2, 0) is 11.3 Å². The molecule has 0 amide bonds. The van der Waals surface area contributed by atoms with Gasteiger partial charge in [-0.25, -0.2) is 0 Å². The molecule has 0 fully saturated rings. The van der Waals surface area contributed by atoms with Crippen LogP contribution in [0, 0.1) is 10.1 Å². The number of benzene rings is 1. The van der Waals surface area contributed by atoms with Crippen LogP contribution in [0.15, 0.2) is 18.2 Å². The van der Waals surface area contributed by atoms with E-state index in [9.17, 15) is 10.1 Å². The molecule has 0 spiro atoms. The molecule has 1 rings (SSSR count). The molecule has 0 aliphatic heterocycles. The Morgan fingerprint density at radius 3 is 2.88 bits per heavy atom. The third-order valence-electron chi connectivity index (χ3n) is 2.12. The highest BCUT2D eigenvalue weighted by molar-refractivity contribution is 6.32. The number of hydrogen-bond acceptors (Lipinski definition) is 3. The molecule has 4 nitrogen and oxygen atoms in total. The van der Waals surface area contributed by atoms with E-state index >= 15 is 0 Å². The molecule has 0 unspecified atom stereocenters. The Labute approximate surface area is 99.3 Å². The summed E-state index contributed by atoms with van der Waals surface area (Å²) >= 11 is 5.69. The number of nitro groups is 1. The first-order valence-electron chi connectivity index (χ1n) is 5.15. The van der Waals surface area contributed by atoms with Gasteiger partial charge in [0.2, 0.25) is 0 Å². The summed E-state index contributed by atoms with van der Waals surface area (Å²) in [5.74, 6) is 0. The number of ether oxygens (including phenoxy) is 1. The molecule has 88 valence electrons. The lowest BCUT2D eigenvalue weighted by atomic mass is 10.2. The molecule has 0 saturated carbocycles. The van der Waals surface area contributed by atoms with Crippen molar-refractivity contribution in [2.45, 2.75) is 26.4 Å². The van der Waals surface area contributed by atoms with Gasteiger partial charge >= 0.3 is 0 Å². The zero-order chi connectivity index (χ0) is 12.0. The molecule has 5 heteroatoms. The SMILES string of the molecule is CCCCOCc1ccc(Cl)c([N+](=O)[O-])c1. The maximum atomic E-state index is 10.6. The Kier molecular flexibility index (Phi) is 5.22. The Balaban J connectivity index is 2.61. The summed E-state index contributed by atoms with van der Waals surface area (Å²) in [7, 11) is 0. The molecule has 16 heavy (non-hydrogen) atoms. The van der Waals surface area contributed by atoms with Crippen molar-refractivity contribution in [3.05, 3.63) is 38.9 Å². The van der Waals surface area contributed by atoms with Gasteiger partial charge in [0.1, 0.15) is 5.02 Å². The minimum absolute atomic E-state index is 0.0711. The maximum absolute atomic E-state index is 10.6. The highest BCUT2D eigenvalue weighted by atomic mass is 35.5. The quantitative estimate of drug-likeness (QED) is 0.436. The van der Waals surface area contributed by atoms with Crippen LogP contribution in [0.3, 0.4) is 0 Å². The van der Waals surface area contributed by atoms with Crippen molar-refractivity contribution in [3.8, 4) is 0 Å². The Morgan fingerprint density at radius 2 is 2.25 bits per heavy atom. The van der Waals surface area contributed by atoms with Crippen LogP contribution < -0.4 is 0 Å². The van der Waals surface area contributed by atoms with Crippen LogP contribution in [-0.4, -0.2) is 11.5 Å². The van der Waals surface area contributed by atoms with Gasteiger partial charge in [-0.05, 0) is 18.1 Å². The molecule has 1 aromatic carbocycles. The molecule has 0 aliphatic rings. The van der Waals surface area contributed by atoms with Crippen LogP contribution in [0.2, 0.25) is 5.02 Å². The molecule has 0 bridgehead atoms. The summed E-state index contributed by atoms with van der Waals surface area (Å²) in [4.78, 5) is 10.1. The number of rotatable bonds is 6. The Hall–Kier alpha value is -1.13. The Morgan fingerprint density at radius 1 is 1.50 bits per heavy atom. The Bertz CT molecular complexity index is 368. The average Bonchev–Trinajstić information content (AvgIpc) is 2.26. The van der Waals surface area contributed by atoms with E-state index in [1.807, 2.05) is 0 Å². The van der Waals surface area contributed by atoms with Crippen molar-refractivity contribution < 1.29 is 9.66 Å². The summed E-state index contributed by atoms with van der Waals surface area (Å²) in [6, 6.07) is 4.72. The molecule has 0 aromatic heterocycles. The molecule has 0 N–H and O–H groups in total. The molecule has 0 radical (unpaired) electrons. The van der Waals surface area contributed by atoms with Gasteiger partial charge in [0.25, 0.3) is 5.69 Å². The normalized spacial score (nSPS) is 10.4. The number of halogens is 1. The van der Waals surface area contributed by atoms with Gasteiger partial charge in [-0.15, -0.1) is 0 Å². The summed E-state index contributed by atoms with van der Waals surface area (Å²) in [6.45, 7) is 3.14. The topological polar surface area (TPSA) is 52.4 Å². The second-order valence-electron chi connectivity index (χ2n) is 3.45. The molecular formula is C11H14ClNO3. The molecule has 1 aromatic rings. The van der Waals surface area contributed by atoms with Crippen molar-refractivity contribution in [2.24, 2.45) is 0 Å². The van der Waals surface area contributed by atoms with Gasteiger partial charge in [-0.1, -0.05) is 31.0 Å². The first-order valence-corrected chi connectivity index (χ1v) is 5.53. The molecule has 0 saturated heterocycles. The van der Waals surface area contributed by atoms with Crippen molar-refractivity contribution in [2.75, 3.05) is 6.61 Å².